The molecule has 2 aliphatic rings. The summed E-state index contributed by atoms with van der Waals surface area (Å²) >= 11 is 0. The third-order valence-electron chi connectivity index (χ3n) is 4.58. The van der Waals surface area contributed by atoms with Crippen LogP contribution < -0.4 is 5.32 Å². The van der Waals surface area contributed by atoms with Gasteiger partial charge in [0.15, 0.2) is 0 Å². The number of benzene rings is 1. The molecule has 1 aromatic heterocycles. The molecule has 4 heteroatoms. The van der Waals surface area contributed by atoms with Gasteiger partial charge in [-0.2, -0.15) is 0 Å². The van der Waals surface area contributed by atoms with E-state index in [0.29, 0.717) is 0 Å². The molecule has 1 aromatic carbocycles. The minimum absolute atomic E-state index is 0.945. The molecule has 2 aromatic rings. The molecule has 0 unspecified atom stereocenters. The van der Waals surface area contributed by atoms with Gasteiger partial charge in [0.25, 0.3) is 0 Å². The Morgan fingerprint density at radius 3 is 2.60 bits per heavy atom. The van der Waals surface area contributed by atoms with Crippen LogP contribution in [-0.2, 0) is 19.4 Å². The SMILES string of the molecule is c1c2c(cc3[nH]c(CN4CCNCC4)nc13)CCCC2. The molecule has 1 aliphatic carbocycles. The van der Waals surface area contributed by atoms with Gasteiger partial charge in [-0.3, -0.25) is 4.90 Å². The van der Waals surface area contributed by atoms with Crippen LogP contribution in [0, 0.1) is 0 Å². The number of aromatic amines is 1. The summed E-state index contributed by atoms with van der Waals surface area (Å²) in [5.41, 5.74) is 5.41. The highest BCUT2D eigenvalue weighted by molar-refractivity contribution is 5.77. The molecule has 0 saturated carbocycles. The van der Waals surface area contributed by atoms with Gasteiger partial charge >= 0.3 is 0 Å². The Hall–Kier alpha value is -1.39. The van der Waals surface area contributed by atoms with Crippen molar-refractivity contribution >= 4 is 11.0 Å². The fraction of sp³-hybridized carbons (Fsp3) is 0.562. The monoisotopic (exact) mass is 270 g/mol. The molecule has 20 heavy (non-hydrogen) atoms. The van der Waals surface area contributed by atoms with E-state index in [9.17, 15) is 0 Å². The van der Waals surface area contributed by atoms with Crippen LogP contribution in [0.15, 0.2) is 12.1 Å². The van der Waals surface area contributed by atoms with Crippen molar-refractivity contribution in [2.75, 3.05) is 26.2 Å². The van der Waals surface area contributed by atoms with Crippen molar-refractivity contribution < 1.29 is 0 Å². The van der Waals surface area contributed by atoms with Crippen molar-refractivity contribution in [2.24, 2.45) is 0 Å². The van der Waals surface area contributed by atoms with Crippen molar-refractivity contribution in [1.29, 1.82) is 0 Å². The largest absolute Gasteiger partial charge is 0.341 e. The lowest BCUT2D eigenvalue weighted by Crippen LogP contribution is -2.43. The number of nitrogens with one attached hydrogen (secondary N) is 2. The lowest BCUT2D eigenvalue weighted by Gasteiger charge is -2.26. The summed E-state index contributed by atoms with van der Waals surface area (Å²) in [6, 6.07) is 4.64. The molecule has 0 amide bonds. The van der Waals surface area contributed by atoms with Crippen LogP contribution >= 0.6 is 0 Å². The molecule has 1 saturated heterocycles. The quantitative estimate of drug-likeness (QED) is 0.875. The fourth-order valence-electron chi connectivity index (χ4n) is 3.45. The minimum atomic E-state index is 0.945. The van der Waals surface area contributed by atoms with E-state index in [-0.39, 0.29) is 0 Å². The highest BCUT2D eigenvalue weighted by atomic mass is 15.2. The van der Waals surface area contributed by atoms with E-state index in [4.69, 9.17) is 4.98 Å². The molecule has 106 valence electrons. The first-order valence-electron chi connectivity index (χ1n) is 7.82. The van der Waals surface area contributed by atoms with Crippen LogP contribution in [0.3, 0.4) is 0 Å². The number of fused-ring (bicyclic) bond motifs is 2. The van der Waals surface area contributed by atoms with Crippen molar-refractivity contribution in [1.82, 2.24) is 20.2 Å². The molecule has 0 atom stereocenters. The molecule has 1 aliphatic heterocycles. The first-order valence-corrected chi connectivity index (χ1v) is 7.82. The Morgan fingerprint density at radius 1 is 1.05 bits per heavy atom. The van der Waals surface area contributed by atoms with E-state index in [1.807, 2.05) is 0 Å². The molecule has 1 fully saturated rings. The number of hydrogen-bond acceptors (Lipinski definition) is 3. The second kappa shape index (κ2) is 5.19. The number of aryl methyl sites for hydroxylation is 2. The predicted octanol–water partition coefficient (Wildman–Crippen LogP) is 1.85. The van der Waals surface area contributed by atoms with Crippen LogP contribution in [0.4, 0.5) is 0 Å². The van der Waals surface area contributed by atoms with Crippen LogP contribution in [0.5, 0.6) is 0 Å². The van der Waals surface area contributed by atoms with E-state index in [1.54, 1.807) is 0 Å². The molecular weight excluding hydrogens is 248 g/mol. The third-order valence-corrected chi connectivity index (χ3v) is 4.58. The van der Waals surface area contributed by atoms with Crippen LogP contribution in [0.25, 0.3) is 11.0 Å². The summed E-state index contributed by atoms with van der Waals surface area (Å²) in [6.07, 6.45) is 5.12. The Bertz CT molecular complexity index is 567. The van der Waals surface area contributed by atoms with E-state index < -0.39 is 0 Å². The van der Waals surface area contributed by atoms with Crippen molar-refractivity contribution in [3.8, 4) is 0 Å². The molecule has 4 nitrogen and oxygen atoms in total. The summed E-state index contributed by atoms with van der Waals surface area (Å²) < 4.78 is 0. The summed E-state index contributed by atoms with van der Waals surface area (Å²) in [5, 5.41) is 3.39. The van der Waals surface area contributed by atoms with Gasteiger partial charge in [-0.05, 0) is 48.9 Å². The van der Waals surface area contributed by atoms with E-state index in [2.05, 4.69) is 27.3 Å². The standard InChI is InChI=1S/C16H22N4/c1-2-4-13-10-15-14(9-12(13)3-1)18-16(19-15)11-20-7-5-17-6-8-20/h9-10,17H,1-8,11H2,(H,18,19). The maximum atomic E-state index is 4.80. The van der Waals surface area contributed by atoms with Gasteiger partial charge in [-0.15, -0.1) is 0 Å². The van der Waals surface area contributed by atoms with Crippen LogP contribution in [-0.4, -0.2) is 41.0 Å². The average Bonchev–Trinajstić information content (AvgIpc) is 2.86. The van der Waals surface area contributed by atoms with Gasteiger partial charge in [0.05, 0.1) is 17.6 Å². The topological polar surface area (TPSA) is 44.0 Å². The molecule has 2 N–H and O–H groups in total. The summed E-state index contributed by atoms with van der Waals surface area (Å²) in [5.74, 6) is 1.12. The maximum absolute atomic E-state index is 4.80. The number of H-pyrrole nitrogens is 1. The Morgan fingerprint density at radius 2 is 1.80 bits per heavy atom. The molecule has 2 heterocycles. The lowest BCUT2D eigenvalue weighted by molar-refractivity contribution is 0.229. The van der Waals surface area contributed by atoms with Gasteiger partial charge < -0.3 is 10.3 Å². The zero-order valence-electron chi connectivity index (χ0n) is 11.9. The van der Waals surface area contributed by atoms with Gasteiger partial charge in [-0.25, -0.2) is 4.98 Å². The van der Waals surface area contributed by atoms with E-state index in [1.165, 1.54) is 42.3 Å². The predicted molar refractivity (Wildman–Crippen MR) is 80.9 cm³/mol. The number of piperazine rings is 1. The van der Waals surface area contributed by atoms with E-state index in [0.717, 1.165) is 44.1 Å². The lowest BCUT2D eigenvalue weighted by atomic mass is 9.91. The highest BCUT2D eigenvalue weighted by Crippen LogP contribution is 2.25. The number of aromatic nitrogens is 2. The number of rotatable bonds is 2. The van der Waals surface area contributed by atoms with Gasteiger partial charge in [0.1, 0.15) is 5.82 Å². The molecule has 0 radical (unpaired) electrons. The number of hydrogen-bond donors (Lipinski definition) is 2. The summed E-state index contributed by atoms with van der Waals surface area (Å²) in [6.45, 7) is 5.37. The Kier molecular flexibility index (Phi) is 3.20. The van der Waals surface area contributed by atoms with Crippen molar-refractivity contribution in [2.45, 2.75) is 32.2 Å². The summed E-state index contributed by atoms with van der Waals surface area (Å²) in [4.78, 5) is 10.8. The molecule has 4 rings (SSSR count). The minimum Gasteiger partial charge on any atom is -0.341 e. The average molecular weight is 270 g/mol. The Balaban J connectivity index is 1.61. The van der Waals surface area contributed by atoms with E-state index >= 15 is 0 Å². The second-order valence-corrected chi connectivity index (χ2v) is 6.05. The van der Waals surface area contributed by atoms with Crippen LogP contribution in [0.2, 0.25) is 0 Å². The van der Waals surface area contributed by atoms with Gasteiger partial charge in [0, 0.05) is 26.2 Å². The Labute approximate surface area is 119 Å². The van der Waals surface area contributed by atoms with Crippen LogP contribution in [0.1, 0.15) is 29.8 Å². The smallest absolute Gasteiger partial charge is 0.121 e. The fourth-order valence-corrected chi connectivity index (χ4v) is 3.45. The maximum Gasteiger partial charge on any atom is 0.121 e. The highest BCUT2D eigenvalue weighted by Gasteiger charge is 2.15. The first kappa shape index (κ1) is 12.4. The van der Waals surface area contributed by atoms with Crippen molar-refractivity contribution in [3.05, 3.63) is 29.1 Å². The summed E-state index contributed by atoms with van der Waals surface area (Å²) in [7, 11) is 0. The van der Waals surface area contributed by atoms with Gasteiger partial charge in [0.2, 0.25) is 0 Å². The molecule has 0 spiro atoms. The third kappa shape index (κ3) is 2.34. The molecule has 0 bridgehead atoms. The zero-order valence-corrected chi connectivity index (χ0v) is 11.9. The second-order valence-electron chi connectivity index (χ2n) is 6.05. The number of imidazole rings is 1. The van der Waals surface area contributed by atoms with Crippen molar-refractivity contribution in [3.63, 3.8) is 0 Å². The molecular formula is C16H22N4. The first-order chi connectivity index (χ1) is 9.88. The number of nitrogens with zero attached hydrogens (tertiary/aromatic N) is 2. The van der Waals surface area contributed by atoms with Gasteiger partial charge in [-0.1, -0.05) is 0 Å². The zero-order chi connectivity index (χ0) is 13.4. The normalized spacial score (nSPS) is 20.2.